The second kappa shape index (κ2) is 5.95. The molecule has 102 valence electrons. The van der Waals surface area contributed by atoms with Crippen LogP contribution in [0.15, 0.2) is 0 Å². The summed E-state index contributed by atoms with van der Waals surface area (Å²) in [7, 11) is 0. The van der Waals surface area contributed by atoms with Crippen LogP contribution < -0.4 is 5.32 Å². The Hall–Kier alpha value is -0.710. The highest BCUT2D eigenvalue weighted by atomic mass is 32.1. The first-order valence-electron chi connectivity index (χ1n) is 6.82. The lowest BCUT2D eigenvalue weighted by molar-refractivity contribution is -0.139. The lowest BCUT2D eigenvalue weighted by Gasteiger charge is -2.39. The summed E-state index contributed by atoms with van der Waals surface area (Å²) in [6.07, 6.45) is 5.94. The Morgan fingerprint density at radius 1 is 1.33 bits per heavy atom. The number of piperidine rings is 1. The van der Waals surface area contributed by atoms with Crippen molar-refractivity contribution in [3.63, 3.8) is 0 Å². The molecule has 0 spiro atoms. The van der Waals surface area contributed by atoms with Crippen molar-refractivity contribution in [2.75, 3.05) is 12.3 Å². The van der Waals surface area contributed by atoms with E-state index < -0.39 is 6.04 Å². The highest BCUT2D eigenvalue weighted by molar-refractivity contribution is 7.80. The number of nitrogens with zero attached hydrogens (tertiary/aromatic N) is 1. The molecular weight excluding hydrogens is 248 g/mol. The van der Waals surface area contributed by atoms with E-state index in [9.17, 15) is 9.59 Å². The molecular formula is C13H22N2O2S. The molecule has 2 fully saturated rings. The first-order chi connectivity index (χ1) is 8.63. The van der Waals surface area contributed by atoms with Crippen LogP contribution in [-0.4, -0.2) is 41.1 Å². The Bertz CT molecular complexity index is 335. The normalized spacial score (nSPS) is 28.7. The van der Waals surface area contributed by atoms with Crippen LogP contribution in [0.4, 0.5) is 0 Å². The maximum atomic E-state index is 12.5. The van der Waals surface area contributed by atoms with Crippen molar-refractivity contribution in [1.82, 2.24) is 10.2 Å². The van der Waals surface area contributed by atoms with Gasteiger partial charge in [0.25, 0.3) is 0 Å². The fourth-order valence-corrected chi connectivity index (χ4v) is 3.61. The van der Waals surface area contributed by atoms with Crippen molar-refractivity contribution in [3.05, 3.63) is 0 Å². The maximum absolute atomic E-state index is 12.5. The number of likely N-dealkylation sites (tertiary alicyclic amines) is 1. The third kappa shape index (κ3) is 2.82. The zero-order valence-corrected chi connectivity index (χ0v) is 11.8. The Kier molecular flexibility index (Phi) is 4.54. The number of hydrogen-bond acceptors (Lipinski definition) is 3. The van der Waals surface area contributed by atoms with Crippen molar-refractivity contribution >= 4 is 24.4 Å². The van der Waals surface area contributed by atoms with Crippen molar-refractivity contribution in [3.8, 4) is 0 Å². The molecule has 1 saturated carbocycles. The molecule has 0 aromatic carbocycles. The van der Waals surface area contributed by atoms with Crippen LogP contribution in [0.3, 0.4) is 0 Å². The average Bonchev–Trinajstić information content (AvgIpc) is 2.82. The first kappa shape index (κ1) is 13.7. The summed E-state index contributed by atoms with van der Waals surface area (Å²) in [5.41, 5.74) is 0. The largest absolute Gasteiger partial charge is 0.344 e. The molecule has 3 atom stereocenters. The fraction of sp³-hybridized carbons (Fsp3) is 0.846. The van der Waals surface area contributed by atoms with E-state index in [-0.39, 0.29) is 11.8 Å². The number of thiol groups is 1. The summed E-state index contributed by atoms with van der Waals surface area (Å²) < 4.78 is 0. The Labute approximate surface area is 114 Å². The summed E-state index contributed by atoms with van der Waals surface area (Å²) in [5, 5.41) is 2.70. The van der Waals surface area contributed by atoms with E-state index in [0.29, 0.717) is 17.7 Å². The van der Waals surface area contributed by atoms with Gasteiger partial charge in [0, 0.05) is 25.3 Å². The molecule has 1 heterocycles. The van der Waals surface area contributed by atoms with Gasteiger partial charge in [0.2, 0.25) is 11.8 Å². The Balaban J connectivity index is 2.04. The molecule has 0 aromatic heterocycles. The van der Waals surface area contributed by atoms with Crippen LogP contribution in [0.1, 0.15) is 39.0 Å². The predicted molar refractivity (Wildman–Crippen MR) is 73.5 cm³/mol. The topological polar surface area (TPSA) is 49.4 Å². The van der Waals surface area contributed by atoms with Crippen molar-refractivity contribution in [2.45, 2.75) is 51.1 Å². The molecule has 18 heavy (non-hydrogen) atoms. The Morgan fingerprint density at radius 2 is 2.06 bits per heavy atom. The van der Waals surface area contributed by atoms with Gasteiger partial charge in [0.15, 0.2) is 0 Å². The minimum absolute atomic E-state index is 0.0526. The number of fused-ring (bicyclic) bond motifs is 1. The Morgan fingerprint density at radius 3 is 2.72 bits per heavy atom. The van der Waals surface area contributed by atoms with Crippen LogP contribution in [0.2, 0.25) is 0 Å². The molecule has 0 radical (unpaired) electrons. The number of rotatable bonds is 3. The van der Waals surface area contributed by atoms with Crippen LogP contribution in [0, 0.1) is 5.92 Å². The standard InChI is InChI=1S/C13H22N2O2S/c1-9(16)14-11(8-18)13(17)15-7-3-5-10-4-2-6-12(10)15/h10-12,18H,2-8H2,1H3,(H,14,16). The summed E-state index contributed by atoms with van der Waals surface area (Å²) in [4.78, 5) is 25.6. The number of carbonyl (C=O) groups excluding carboxylic acids is 2. The monoisotopic (exact) mass is 270 g/mol. The predicted octanol–water partition coefficient (Wildman–Crippen LogP) is 1.21. The van der Waals surface area contributed by atoms with E-state index in [1.807, 2.05) is 4.90 Å². The van der Waals surface area contributed by atoms with Crippen molar-refractivity contribution in [2.24, 2.45) is 5.92 Å². The summed E-state index contributed by atoms with van der Waals surface area (Å²) >= 11 is 4.18. The van der Waals surface area contributed by atoms with E-state index in [2.05, 4.69) is 17.9 Å². The second-order valence-electron chi connectivity index (χ2n) is 5.37. The highest BCUT2D eigenvalue weighted by Crippen LogP contribution is 2.36. The lowest BCUT2D eigenvalue weighted by atomic mass is 9.91. The molecule has 2 amide bonds. The molecule has 0 bridgehead atoms. The molecule has 1 aliphatic carbocycles. The molecule has 1 saturated heterocycles. The molecule has 2 rings (SSSR count). The van der Waals surface area contributed by atoms with Gasteiger partial charge in [-0.1, -0.05) is 6.42 Å². The molecule has 3 unspecified atom stereocenters. The van der Waals surface area contributed by atoms with E-state index in [0.717, 1.165) is 19.4 Å². The van der Waals surface area contributed by atoms with Gasteiger partial charge in [-0.15, -0.1) is 0 Å². The third-order valence-corrected chi connectivity index (χ3v) is 4.50. The van der Waals surface area contributed by atoms with E-state index in [1.165, 1.54) is 26.2 Å². The van der Waals surface area contributed by atoms with Gasteiger partial charge in [0.1, 0.15) is 6.04 Å². The summed E-state index contributed by atoms with van der Waals surface area (Å²) in [6.45, 7) is 2.28. The van der Waals surface area contributed by atoms with Gasteiger partial charge in [-0.25, -0.2) is 0 Å². The molecule has 0 aromatic rings. The number of carbonyl (C=O) groups is 2. The number of nitrogens with one attached hydrogen (secondary N) is 1. The quantitative estimate of drug-likeness (QED) is 0.757. The number of hydrogen-bond donors (Lipinski definition) is 2. The van der Waals surface area contributed by atoms with Crippen LogP contribution in [0.25, 0.3) is 0 Å². The fourth-order valence-electron chi connectivity index (χ4n) is 3.36. The van der Waals surface area contributed by atoms with Gasteiger partial charge < -0.3 is 10.2 Å². The minimum atomic E-state index is -0.467. The molecule has 4 nitrogen and oxygen atoms in total. The van der Waals surface area contributed by atoms with E-state index in [4.69, 9.17) is 0 Å². The minimum Gasteiger partial charge on any atom is -0.344 e. The molecule has 5 heteroatoms. The zero-order valence-electron chi connectivity index (χ0n) is 10.9. The summed E-state index contributed by atoms with van der Waals surface area (Å²) in [5.74, 6) is 0.937. The van der Waals surface area contributed by atoms with Gasteiger partial charge in [-0.05, 0) is 31.6 Å². The number of amides is 2. The first-order valence-corrected chi connectivity index (χ1v) is 7.45. The van der Waals surface area contributed by atoms with Crippen LogP contribution in [-0.2, 0) is 9.59 Å². The van der Waals surface area contributed by atoms with E-state index in [1.54, 1.807) is 0 Å². The van der Waals surface area contributed by atoms with Crippen molar-refractivity contribution in [1.29, 1.82) is 0 Å². The van der Waals surface area contributed by atoms with Crippen molar-refractivity contribution < 1.29 is 9.59 Å². The highest BCUT2D eigenvalue weighted by Gasteiger charge is 2.39. The zero-order chi connectivity index (χ0) is 13.1. The van der Waals surface area contributed by atoms with Gasteiger partial charge in [0.05, 0.1) is 0 Å². The third-order valence-electron chi connectivity index (χ3n) is 4.13. The molecule has 2 aliphatic rings. The van der Waals surface area contributed by atoms with E-state index >= 15 is 0 Å². The van der Waals surface area contributed by atoms with Gasteiger partial charge in [-0.3, -0.25) is 9.59 Å². The second-order valence-corrected chi connectivity index (χ2v) is 5.73. The average molecular weight is 270 g/mol. The smallest absolute Gasteiger partial charge is 0.246 e. The van der Waals surface area contributed by atoms with Crippen LogP contribution >= 0.6 is 12.6 Å². The maximum Gasteiger partial charge on any atom is 0.246 e. The van der Waals surface area contributed by atoms with Gasteiger partial charge >= 0.3 is 0 Å². The van der Waals surface area contributed by atoms with Gasteiger partial charge in [-0.2, -0.15) is 12.6 Å². The lowest BCUT2D eigenvalue weighted by Crippen LogP contribution is -2.55. The SMILES string of the molecule is CC(=O)NC(CS)C(=O)N1CCCC2CCCC21. The van der Waals surface area contributed by atoms with Crippen LogP contribution in [0.5, 0.6) is 0 Å². The summed E-state index contributed by atoms with van der Waals surface area (Å²) in [6, 6.07) is -0.0624. The molecule has 1 N–H and O–H groups in total. The molecule has 1 aliphatic heterocycles.